The zero-order valence-electron chi connectivity index (χ0n) is 6.82. The van der Waals surface area contributed by atoms with Crippen molar-refractivity contribution in [2.45, 2.75) is 26.2 Å². The summed E-state index contributed by atoms with van der Waals surface area (Å²) in [7, 11) is -1.47. The summed E-state index contributed by atoms with van der Waals surface area (Å²) in [5, 5.41) is 19.8. The molecule has 0 fully saturated rings. The number of rotatable bonds is 5. The van der Waals surface area contributed by atoms with Crippen LogP contribution in [0.1, 0.15) is 20.3 Å². The summed E-state index contributed by atoms with van der Waals surface area (Å²) in [6.07, 6.45) is 1.04. The van der Waals surface area contributed by atoms with E-state index in [1.165, 1.54) is 0 Å². The number of hydrogen-bond acceptors (Lipinski definition) is 3. The van der Waals surface area contributed by atoms with E-state index >= 15 is 0 Å². The maximum Gasteiger partial charge on any atom is 0.475 e. The van der Waals surface area contributed by atoms with E-state index in [0.29, 0.717) is 18.7 Å². The van der Waals surface area contributed by atoms with Gasteiger partial charge in [0.1, 0.15) is 0 Å². The normalized spacial score (nSPS) is 12.8. The lowest BCUT2D eigenvalue weighted by Crippen LogP contribution is -2.43. The summed E-state index contributed by atoms with van der Waals surface area (Å²) < 4.78 is 0. The molecule has 0 radical (unpaired) electrons. The Labute approximate surface area is 66.8 Å². The Bertz CT molecular complexity index is 118. The molecule has 4 nitrogen and oxygen atoms in total. The molecule has 0 aliphatic carbocycles. The molecule has 0 heterocycles. The monoisotopic (exact) mass is 159 g/mol. The highest BCUT2D eigenvalue weighted by molar-refractivity contribution is 6.43. The van der Waals surface area contributed by atoms with Crippen LogP contribution in [0.3, 0.4) is 0 Å². The van der Waals surface area contributed by atoms with Crippen molar-refractivity contribution in [2.24, 2.45) is 5.92 Å². The Morgan fingerprint density at radius 2 is 2.09 bits per heavy atom. The van der Waals surface area contributed by atoms with Crippen molar-refractivity contribution in [2.75, 3.05) is 0 Å². The van der Waals surface area contributed by atoms with Gasteiger partial charge in [-0.05, 0) is 12.3 Å². The van der Waals surface area contributed by atoms with Crippen LogP contribution in [0.4, 0.5) is 0 Å². The molecule has 0 bridgehead atoms. The molecular weight excluding hydrogens is 145 g/mol. The minimum Gasteiger partial charge on any atom is -0.426 e. The van der Waals surface area contributed by atoms with Gasteiger partial charge in [-0.15, -0.1) is 0 Å². The van der Waals surface area contributed by atoms with Gasteiger partial charge in [-0.2, -0.15) is 0 Å². The molecule has 0 saturated carbocycles. The van der Waals surface area contributed by atoms with Gasteiger partial charge < -0.3 is 15.4 Å². The number of nitrogens with one attached hydrogen (secondary N) is 1. The molecule has 0 aromatic carbocycles. The average molecular weight is 159 g/mol. The molecule has 0 spiro atoms. The maximum atomic E-state index is 9.97. The lowest BCUT2D eigenvalue weighted by atomic mass is 9.75. The highest BCUT2D eigenvalue weighted by Gasteiger charge is 2.23. The predicted octanol–water partition coefficient (Wildman–Crippen LogP) is -0.841. The molecule has 0 saturated heterocycles. The summed E-state index contributed by atoms with van der Waals surface area (Å²) in [6.45, 7) is 3.89. The highest BCUT2D eigenvalue weighted by Crippen LogP contribution is 2.04. The predicted molar refractivity (Wildman–Crippen MR) is 42.6 cm³/mol. The van der Waals surface area contributed by atoms with Crippen LogP contribution in [-0.2, 0) is 4.79 Å². The molecule has 1 unspecified atom stereocenters. The third kappa shape index (κ3) is 4.81. The Morgan fingerprint density at radius 3 is 2.36 bits per heavy atom. The fraction of sp³-hybridized carbons (Fsp3) is 0.833. The van der Waals surface area contributed by atoms with Crippen LogP contribution < -0.4 is 5.32 Å². The van der Waals surface area contributed by atoms with Crippen molar-refractivity contribution >= 4 is 13.5 Å². The van der Waals surface area contributed by atoms with E-state index in [1.807, 2.05) is 13.8 Å². The quantitative estimate of drug-likeness (QED) is 0.361. The molecule has 11 heavy (non-hydrogen) atoms. The van der Waals surface area contributed by atoms with Gasteiger partial charge in [-0.1, -0.05) is 13.8 Å². The van der Waals surface area contributed by atoms with E-state index in [-0.39, 0.29) is 0 Å². The molecule has 1 atom stereocenters. The van der Waals surface area contributed by atoms with Crippen molar-refractivity contribution in [3.8, 4) is 0 Å². The van der Waals surface area contributed by atoms with Crippen LogP contribution in [0, 0.1) is 5.92 Å². The smallest absolute Gasteiger partial charge is 0.426 e. The van der Waals surface area contributed by atoms with Crippen molar-refractivity contribution in [3.05, 3.63) is 0 Å². The second-order valence-corrected chi connectivity index (χ2v) is 2.93. The zero-order valence-corrected chi connectivity index (χ0v) is 6.82. The number of carbonyl (C=O) groups is 1. The molecule has 1 amide bonds. The van der Waals surface area contributed by atoms with E-state index in [0.717, 1.165) is 0 Å². The Hall–Kier alpha value is -0.545. The van der Waals surface area contributed by atoms with Crippen molar-refractivity contribution in [1.29, 1.82) is 0 Å². The summed E-state index contributed by atoms with van der Waals surface area (Å²) in [5.41, 5.74) is 0. The minimum atomic E-state index is -1.47. The van der Waals surface area contributed by atoms with Gasteiger partial charge in [0.15, 0.2) is 0 Å². The van der Waals surface area contributed by atoms with Gasteiger partial charge in [-0.3, -0.25) is 4.79 Å². The molecule has 0 aromatic heterocycles. The maximum absolute atomic E-state index is 9.97. The van der Waals surface area contributed by atoms with E-state index in [2.05, 4.69) is 5.32 Å². The van der Waals surface area contributed by atoms with Gasteiger partial charge >= 0.3 is 7.12 Å². The molecule has 0 rings (SSSR count). The molecule has 3 N–H and O–H groups in total. The first-order valence-corrected chi connectivity index (χ1v) is 3.63. The SMILES string of the molecule is CC(C)CC(NC=O)B(O)O. The second-order valence-electron chi connectivity index (χ2n) is 2.93. The molecule has 64 valence electrons. The first kappa shape index (κ1) is 10.5. The zero-order chi connectivity index (χ0) is 8.85. The van der Waals surface area contributed by atoms with Crippen LogP contribution in [0.15, 0.2) is 0 Å². The van der Waals surface area contributed by atoms with Crippen LogP contribution in [-0.4, -0.2) is 29.5 Å². The van der Waals surface area contributed by atoms with E-state index in [4.69, 9.17) is 10.0 Å². The molecule has 0 aromatic rings. The highest BCUT2D eigenvalue weighted by atomic mass is 16.4. The van der Waals surface area contributed by atoms with Gasteiger partial charge in [0.05, 0.1) is 5.94 Å². The van der Waals surface area contributed by atoms with Crippen molar-refractivity contribution < 1.29 is 14.8 Å². The fourth-order valence-electron chi connectivity index (χ4n) is 0.871. The van der Waals surface area contributed by atoms with E-state index < -0.39 is 13.1 Å². The lowest BCUT2D eigenvalue weighted by molar-refractivity contribution is -0.109. The Morgan fingerprint density at radius 1 is 1.55 bits per heavy atom. The Balaban J connectivity index is 3.78. The molecule has 0 aliphatic rings. The molecule has 0 aliphatic heterocycles. The summed E-state index contributed by atoms with van der Waals surface area (Å²) in [6, 6.07) is 0. The van der Waals surface area contributed by atoms with Crippen molar-refractivity contribution in [1.82, 2.24) is 5.32 Å². The van der Waals surface area contributed by atoms with Crippen LogP contribution in [0.25, 0.3) is 0 Å². The lowest BCUT2D eigenvalue weighted by Gasteiger charge is -2.16. The average Bonchev–Trinajstić information content (AvgIpc) is 1.86. The van der Waals surface area contributed by atoms with Gasteiger partial charge in [-0.25, -0.2) is 0 Å². The second kappa shape index (κ2) is 5.15. The first-order chi connectivity index (χ1) is 5.07. The largest absolute Gasteiger partial charge is 0.475 e. The van der Waals surface area contributed by atoms with Gasteiger partial charge in [0.2, 0.25) is 6.41 Å². The van der Waals surface area contributed by atoms with E-state index in [1.54, 1.807) is 0 Å². The Kier molecular flexibility index (Phi) is 4.90. The first-order valence-electron chi connectivity index (χ1n) is 3.63. The van der Waals surface area contributed by atoms with Gasteiger partial charge in [0.25, 0.3) is 0 Å². The van der Waals surface area contributed by atoms with Crippen LogP contribution in [0.5, 0.6) is 0 Å². The molecule has 5 heteroatoms. The summed E-state index contributed by atoms with van der Waals surface area (Å²) in [4.78, 5) is 9.97. The van der Waals surface area contributed by atoms with E-state index in [9.17, 15) is 4.79 Å². The third-order valence-corrected chi connectivity index (χ3v) is 1.37. The topological polar surface area (TPSA) is 69.6 Å². The van der Waals surface area contributed by atoms with Crippen LogP contribution in [0.2, 0.25) is 0 Å². The number of carbonyl (C=O) groups excluding carboxylic acids is 1. The van der Waals surface area contributed by atoms with Gasteiger partial charge in [0, 0.05) is 0 Å². The fourth-order valence-corrected chi connectivity index (χ4v) is 0.871. The van der Waals surface area contributed by atoms with Crippen LogP contribution >= 0.6 is 0 Å². The van der Waals surface area contributed by atoms with Crippen molar-refractivity contribution in [3.63, 3.8) is 0 Å². The third-order valence-electron chi connectivity index (χ3n) is 1.37. The number of hydrogen-bond donors (Lipinski definition) is 3. The summed E-state index contributed by atoms with van der Waals surface area (Å²) in [5.74, 6) is -0.221. The standard InChI is InChI=1S/C6H14BNO3/c1-5(2)3-6(7(10)11)8-4-9/h4-6,10-11H,3H2,1-2H3,(H,8,9). The molecular formula is C6H14BNO3. The minimum absolute atomic E-state index is 0.328. The summed E-state index contributed by atoms with van der Waals surface area (Å²) >= 11 is 0. The number of amides is 1.